The Morgan fingerprint density at radius 1 is 0.957 bits per heavy atom. The van der Waals surface area contributed by atoms with Crippen molar-refractivity contribution in [1.82, 2.24) is 35.8 Å². The van der Waals surface area contributed by atoms with Crippen LogP contribution in [-0.2, 0) is 22.6 Å². The van der Waals surface area contributed by atoms with Crippen molar-refractivity contribution in [2.45, 2.75) is 59.0 Å². The Morgan fingerprint density at radius 2 is 1.70 bits per heavy atom. The first-order chi connectivity index (χ1) is 22.4. The lowest BCUT2D eigenvalue weighted by atomic mass is 9.95. The molecule has 2 atom stereocenters. The molecule has 3 aromatic carbocycles. The molecular weight excluding hydrogens is 595 g/mol. The predicted molar refractivity (Wildman–Crippen MR) is 186 cm³/mol. The predicted octanol–water partition coefficient (Wildman–Crippen LogP) is 6.46. The van der Waals surface area contributed by atoms with Crippen molar-refractivity contribution in [1.29, 1.82) is 0 Å². The Bertz CT molecular complexity index is 1720. The number of para-hydroxylation sites is 1. The summed E-state index contributed by atoms with van der Waals surface area (Å²) < 4.78 is 0. The fraction of sp³-hybridized carbons (Fsp3) is 0.361. The van der Waals surface area contributed by atoms with Crippen LogP contribution in [0.1, 0.15) is 51.2 Å². The van der Waals surface area contributed by atoms with Gasteiger partial charge in [-0.2, -0.15) is 17.8 Å². The molecule has 0 aliphatic rings. The third-order valence-corrected chi connectivity index (χ3v) is 8.94. The van der Waals surface area contributed by atoms with E-state index in [-0.39, 0.29) is 23.7 Å². The number of hydrogen-bond acceptors (Lipinski definition) is 6. The van der Waals surface area contributed by atoms with Crippen LogP contribution in [0.5, 0.6) is 0 Å². The number of aromatic amines is 2. The number of benzene rings is 3. The zero-order valence-electron chi connectivity index (χ0n) is 26.7. The number of tetrazole rings is 1. The number of carbonyl (C=O) groups excluding carboxylic acids is 2. The molecule has 240 valence electrons. The number of carbonyl (C=O) groups is 2. The molecule has 2 heterocycles. The summed E-state index contributed by atoms with van der Waals surface area (Å²) in [6, 6.07) is 23.5. The van der Waals surface area contributed by atoms with Crippen molar-refractivity contribution in [3.63, 3.8) is 0 Å². The highest BCUT2D eigenvalue weighted by Gasteiger charge is 2.30. The van der Waals surface area contributed by atoms with Gasteiger partial charge in [0.05, 0.1) is 0 Å². The standard InChI is InChI=1S/C36H43N7O2S/c1-4-5-10-19-43(22-25-15-17-26(18-16-25)28-11-6-7-13-30(28)34-39-41-42-40-34)36(45)33(38-35(44)31(23-46)24(2)3)20-27-21-37-32-14-9-8-12-29(27)32/h6-9,11-18,21,24,31,33,37,46H,4-5,10,19-20,22-23H2,1-3H3,(H,38,44)(H,39,40,41,42). The molecule has 0 radical (unpaired) electrons. The number of H-pyrrole nitrogens is 2. The van der Waals surface area contributed by atoms with Crippen molar-refractivity contribution in [3.8, 4) is 22.5 Å². The van der Waals surface area contributed by atoms with E-state index in [4.69, 9.17) is 0 Å². The lowest BCUT2D eigenvalue weighted by molar-refractivity contribution is -0.138. The van der Waals surface area contributed by atoms with E-state index in [0.29, 0.717) is 31.1 Å². The van der Waals surface area contributed by atoms with Crippen LogP contribution >= 0.6 is 12.6 Å². The van der Waals surface area contributed by atoms with Gasteiger partial charge in [-0.3, -0.25) is 9.59 Å². The number of hydrogen-bond donors (Lipinski definition) is 4. The van der Waals surface area contributed by atoms with Crippen molar-refractivity contribution >= 4 is 35.3 Å². The maximum Gasteiger partial charge on any atom is 0.245 e. The maximum absolute atomic E-state index is 14.4. The second-order valence-electron chi connectivity index (χ2n) is 12.1. The molecule has 2 aromatic heterocycles. The van der Waals surface area contributed by atoms with Crippen molar-refractivity contribution in [2.75, 3.05) is 12.3 Å². The first-order valence-corrected chi connectivity index (χ1v) is 16.7. The number of unbranched alkanes of at least 4 members (excludes halogenated alkanes) is 2. The Labute approximate surface area is 276 Å². The molecule has 0 fully saturated rings. The summed E-state index contributed by atoms with van der Waals surface area (Å²) in [6.45, 7) is 7.22. The van der Waals surface area contributed by atoms with Gasteiger partial charge in [0.2, 0.25) is 17.6 Å². The summed E-state index contributed by atoms with van der Waals surface area (Å²) >= 11 is 4.45. The average molecular weight is 638 g/mol. The number of amides is 2. The summed E-state index contributed by atoms with van der Waals surface area (Å²) in [5, 5.41) is 18.8. The minimum atomic E-state index is -0.712. The van der Waals surface area contributed by atoms with Gasteiger partial charge in [0.1, 0.15) is 6.04 Å². The molecule has 9 nitrogen and oxygen atoms in total. The van der Waals surface area contributed by atoms with E-state index < -0.39 is 6.04 Å². The molecule has 0 saturated heterocycles. The molecule has 5 rings (SSSR count). The van der Waals surface area contributed by atoms with Gasteiger partial charge in [-0.1, -0.05) is 100 Å². The Morgan fingerprint density at radius 3 is 2.39 bits per heavy atom. The number of nitrogens with zero attached hydrogens (tertiary/aromatic N) is 4. The molecule has 3 N–H and O–H groups in total. The van der Waals surface area contributed by atoms with Crippen LogP contribution < -0.4 is 5.32 Å². The highest BCUT2D eigenvalue weighted by Crippen LogP contribution is 2.30. The second-order valence-corrected chi connectivity index (χ2v) is 12.5. The van der Waals surface area contributed by atoms with Gasteiger partial charge >= 0.3 is 0 Å². The molecule has 5 aromatic rings. The molecule has 0 aliphatic carbocycles. The minimum Gasteiger partial charge on any atom is -0.361 e. The van der Waals surface area contributed by atoms with Crippen LogP contribution in [-0.4, -0.2) is 60.7 Å². The lowest BCUT2D eigenvalue weighted by Crippen LogP contribution is -2.51. The maximum atomic E-state index is 14.4. The van der Waals surface area contributed by atoms with E-state index in [9.17, 15) is 9.59 Å². The van der Waals surface area contributed by atoms with Gasteiger partial charge in [-0.25, -0.2) is 0 Å². The van der Waals surface area contributed by atoms with E-state index in [2.05, 4.69) is 74.7 Å². The van der Waals surface area contributed by atoms with E-state index in [1.54, 1.807) is 0 Å². The first-order valence-electron chi connectivity index (χ1n) is 16.1. The van der Waals surface area contributed by atoms with E-state index >= 15 is 0 Å². The van der Waals surface area contributed by atoms with Gasteiger partial charge in [-0.15, -0.1) is 10.2 Å². The fourth-order valence-corrected chi connectivity index (χ4v) is 6.44. The summed E-state index contributed by atoms with van der Waals surface area (Å²) in [5.41, 5.74) is 5.92. The number of fused-ring (bicyclic) bond motifs is 1. The van der Waals surface area contributed by atoms with Gasteiger partial charge in [-0.05, 0) is 45.9 Å². The van der Waals surface area contributed by atoms with Crippen LogP contribution in [0.2, 0.25) is 0 Å². The third-order valence-electron chi connectivity index (χ3n) is 8.55. The molecule has 0 saturated carbocycles. The van der Waals surface area contributed by atoms with Crippen LogP contribution in [0.4, 0.5) is 0 Å². The minimum absolute atomic E-state index is 0.0806. The highest BCUT2D eigenvalue weighted by molar-refractivity contribution is 7.80. The molecular formula is C36H43N7O2S. The molecule has 0 bridgehead atoms. The summed E-state index contributed by atoms with van der Waals surface area (Å²) in [7, 11) is 0. The van der Waals surface area contributed by atoms with E-state index in [0.717, 1.165) is 58.0 Å². The molecule has 2 amide bonds. The normalized spacial score (nSPS) is 12.7. The van der Waals surface area contributed by atoms with Crippen LogP contribution in [0.3, 0.4) is 0 Å². The first kappa shape index (κ1) is 32.9. The SMILES string of the molecule is CCCCCN(Cc1ccc(-c2ccccc2-c2nn[nH]n2)cc1)C(=O)C(Cc1c[nH]c2ccccc12)NC(=O)C(CS)C(C)C. The Balaban J connectivity index is 1.41. The molecule has 10 heteroatoms. The van der Waals surface area contributed by atoms with E-state index in [1.165, 1.54) is 0 Å². The second kappa shape index (κ2) is 15.7. The topological polar surface area (TPSA) is 120 Å². The zero-order chi connectivity index (χ0) is 32.5. The lowest BCUT2D eigenvalue weighted by Gasteiger charge is -2.30. The monoisotopic (exact) mass is 637 g/mol. The highest BCUT2D eigenvalue weighted by atomic mass is 32.1. The molecule has 2 unspecified atom stereocenters. The van der Waals surface area contributed by atoms with E-state index in [1.807, 2.05) is 73.5 Å². The summed E-state index contributed by atoms with van der Waals surface area (Å²) in [4.78, 5) is 33.2. The Hall–Kier alpha value is -4.44. The van der Waals surface area contributed by atoms with Gasteiger partial charge in [0.15, 0.2) is 0 Å². The van der Waals surface area contributed by atoms with Crippen LogP contribution in [0.25, 0.3) is 33.4 Å². The van der Waals surface area contributed by atoms with Gasteiger partial charge in [0, 0.05) is 53.8 Å². The number of rotatable bonds is 15. The van der Waals surface area contributed by atoms with Crippen molar-refractivity contribution < 1.29 is 9.59 Å². The zero-order valence-corrected chi connectivity index (χ0v) is 27.6. The van der Waals surface area contributed by atoms with Gasteiger partial charge in [0.25, 0.3) is 0 Å². The smallest absolute Gasteiger partial charge is 0.245 e. The number of aromatic nitrogens is 5. The van der Waals surface area contributed by atoms with Crippen molar-refractivity contribution in [3.05, 3.63) is 90.1 Å². The summed E-state index contributed by atoms with van der Waals surface area (Å²) in [5.74, 6) is 0.543. The molecule has 0 spiro atoms. The number of nitrogens with one attached hydrogen (secondary N) is 3. The largest absolute Gasteiger partial charge is 0.361 e. The number of thiol groups is 1. The third kappa shape index (κ3) is 7.85. The Kier molecular flexibility index (Phi) is 11.3. The van der Waals surface area contributed by atoms with Gasteiger partial charge < -0.3 is 15.2 Å². The van der Waals surface area contributed by atoms with Crippen molar-refractivity contribution in [2.24, 2.45) is 11.8 Å². The van der Waals surface area contributed by atoms with Crippen LogP contribution in [0.15, 0.2) is 79.0 Å². The van der Waals surface area contributed by atoms with Crippen LogP contribution in [0, 0.1) is 11.8 Å². The molecule has 46 heavy (non-hydrogen) atoms. The summed E-state index contributed by atoms with van der Waals surface area (Å²) in [6.07, 6.45) is 5.29. The molecule has 0 aliphatic heterocycles. The fourth-order valence-electron chi connectivity index (χ4n) is 5.85. The average Bonchev–Trinajstić information content (AvgIpc) is 3.75. The quantitative estimate of drug-likeness (QED) is 0.0776.